The second kappa shape index (κ2) is 10.9. The van der Waals surface area contributed by atoms with Crippen LogP contribution < -0.4 is 10.6 Å². The van der Waals surface area contributed by atoms with E-state index >= 15 is 0 Å². The molecule has 2 aliphatic rings. The Morgan fingerprint density at radius 1 is 1.18 bits per heavy atom. The maximum atomic E-state index is 12.5. The van der Waals surface area contributed by atoms with E-state index in [4.69, 9.17) is 9.73 Å². The van der Waals surface area contributed by atoms with Gasteiger partial charge in [-0.25, -0.2) is 0 Å². The third-order valence-electron chi connectivity index (χ3n) is 5.13. The molecule has 0 aromatic heterocycles. The van der Waals surface area contributed by atoms with E-state index in [1.54, 1.807) is 0 Å². The molecule has 1 amide bonds. The second-order valence-corrected chi connectivity index (χ2v) is 7.20. The Morgan fingerprint density at radius 2 is 1.93 bits per heavy atom. The van der Waals surface area contributed by atoms with Gasteiger partial charge in [-0.05, 0) is 38.3 Å². The molecule has 1 aromatic carbocycles. The number of carbonyl (C=O) groups is 1. The van der Waals surface area contributed by atoms with Gasteiger partial charge in [0.15, 0.2) is 5.96 Å². The first-order valence-corrected chi connectivity index (χ1v) is 10.5. The van der Waals surface area contributed by atoms with Gasteiger partial charge in [-0.1, -0.05) is 18.2 Å². The quantitative estimate of drug-likeness (QED) is 0.424. The van der Waals surface area contributed by atoms with Crippen molar-refractivity contribution in [1.29, 1.82) is 0 Å². The van der Waals surface area contributed by atoms with E-state index in [2.05, 4.69) is 34.6 Å². The summed E-state index contributed by atoms with van der Waals surface area (Å²) in [6, 6.07) is 10.2. The maximum Gasteiger partial charge on any atom is 0.251 e. The summed E-state index contributed by atoms with van der Waals surface area (Å²) in [5, 5.41) is 6.80. The lowest BCUT2D eigenvalue weighted by Crippen LogP contribution is -2.55. The Balaban J connectivity index is 1.42. The van der Waals surface area contributed by atoms with E-state index in [-0.39, 0.29) is 12.0 Å². The number of ether oxygens (including phenoxy) is 1. The third-order valence-corrected chi connectivity index (χ3v) is 5.13. The van der Waals surface area contributed by atoms with Gasteiger partial charge in [0, 0.05) is 58.1 Å². The lowest BCUT2D eigenvalue weighted by molar-refractivity contribution is -0.142. The molecule has 0 aliphatic carbocycles. The summed E-state index contributed by atoms with van der Waals surface area (Å²) in [6.07, 6.45) is 2.61. The predicted octanol–water partition coefficient (Wildman–Crippen LogP) is 1.78. The molecular weight excluding hydrogens is 354 g/mol. The number of carbonyl (C=O) groups excluding carboxylic acids is 1. The molecule has 1 unspecified atom stereocenters. The number of hydrogen-bond acceptors (Lipinski definition) is 4. The summed E-state index contributed by atoms with van der Waals surface area (Å²) < 4.78 is 5.54. The zero-order chi connectivity index (χ0) is 19.6. The molecule has 1 aromatic rings. The minimum atomic E-state index is -0.217. The predicted molar refractivity (Wildman–Crippen MR) is 113 cm³/mol. The molecule has 154 valence electrons. The minimum Gasteiger partial charge on any atom is -0.385 e. The van der Waals surface area contributed by atoms with Gasteiger partial charge in [0.2, 0.25) is 0 Å². The van der Waals surface area contributed by atoms with Crippen LogP contribution in [-0.2, 0) is 9.53 Å². The van der Waals surface area contributed by atoms with Crippen molar-refractivity contribution in [3.05, 3.63) is 30.3 Å². The fourth-order valence-electron chi connectivity index (χ4n) is 3.59. The highest BCUT2D eigenvalue weighted by atomic mass is 16.5. The van der Waals surface area contributed by atoms with Crippen molar-refractivity contribution in [2.45, 2.75) is 32.3 Å². The first-order chi connectivity index (χ1) is 13.8. The van der Waals surface area contributed by atoms with Crippen LogP contribution in [0.4, 0.5) is 5.69 Å². The maximum absolute atomic E-state index is 12.5. The van der Waals surface area contributed by atoms with Gasteiger partial charge in [0.1, 0.15) is 6.10 Å². The van der Waals surface area contributed by atoms with E-state index in [1.165, 1.54) is 0 Å². The van der Waals surface area contributed by atoms with Gasteiger partial charge in [-0.3, -0.25) is 9.79 Å². The molecule has 2 aliphatic heterocycles. The van der Waals surface area contributed by atoms with E-state index in [0.717, 1.165) is 76.7 Å². The number of anilines is 1. The summed E-state index contributed by atoms with van der Waals surface area (Å²) in [5.41, 5.74) is 1.14. The third kappa shape index (κ3) is 5.86. The molecule has 2 saturated heterocycles. The smallest absolute Gasteiger partial charge is 0.251 e. The lowest BCUT2D eigenvalue weighted by atomic mass is 10.2. The molecule has 0 radical (unpaired) electrons. The highest BCUT2D eigenvalue weighted by Gasteiger charge is 2.30. The largest absolute Gasteiger partial charge is 0.385 e. The number of amides is 1. The van der Waals surface area contributed by atoms with Gasteiger partial charge in [-0.15, -0.1) is 0 Å². The second-order valence-electron chi connectivity index (χ2n) is 7.20. The van der Waals surface area contributed by atoms with Crippen molar-refractivity contribution < 1.29 is 9.53 Å². The van der Waals surface area contributed by atoms with Crippen molar-refractivity contribution in [3.8, 4) is 0 Å². The molecule has 28 heavy (non-hydrogen) atoms. The molecule has 0 saturated carbocycles. The number of para-hydroxylation sites is 1. The van der Waals surface area contributed by atoms with Crippen LogP contribution >= 0.6 is 0 Å². The Kier molecular flexibility index (Phi) is 7.96. The molecule has 7 nitrogen and oxygen atoms in total. The molecule has 2 N–H and O–H groups in total. The zero-order valence-corrected chi connectivity index (χ0v) is 16.9. The van der Waals surface area contributed by atoms with E-state index in [1.807, 2.05) is 23.1 Å². The average molecular weight is 388 g/mol. The molecule has 2 heterocycles. The normalized spacial score (nSPS) is 20.3. The Labute approximate surface area is 168 Å². The van der Waals surface area contributed by atoms with Crippen LogP contribution in [0, 0.1) is 0 Å². The summed E-state index contributed by atoms with van der Waals surface area (Å²) in [6.45, 7) is 8.41. The van der Waals surface area contributed by atoms with Crippen LogP contribution in [0.25, 0.3) is 0 Å². The SMILES string of the molecule is CCNC(=NCCCNc1ccccc1)N1CCN(C(=O)C2CCCO2)CC1. The highest BCUT2D eigenvalue weighted by molar-refractivity contribution is 5.82. The van der Waals surface area contributed by atoms with Crippen molar-refractivity contribution in [1.82, 2.24) is 15.1 Å². The molecule has 7 heteroatoms. The number of nitrogens with one attached hydrogen (secondary N) is 2. The molecule has 1 atom stereocenters. The summed E-state index contributed by atoms with van der Waals surface area (Å²) in [5.74, 6) is 1.11. The molecule has 0 spiro atoms. The lowest BCUT2D eigenvalue weighted by Gasteiger charge is -2.37. The number of aliphatic imine (C=N–C) groups is 1. The average Bonchev–Trinajstić information content (AvgIpc) is 3.28. The molecular formula is C21H33N5O2. The Morgan fingerprint density at radius 3 is 2.61 bits per heavy atom. The number of guanidine groups is 1. The first-order valence-electron chi connectivity index (χ1n) is 10.5. The van der Waals surface area contributed by atoms with Gasteiger partial charge >= 0.3 is 0 Å². The summed E-state index contributed by atoms with van der Waals surface area (Å²) in [7, 11) is 0. The number of benzene rings is 1. The first kappa shape index (κ1) is 20.5. The van der Waals surface area contributed by atoms with Gasteiger partial charge in [0.25, 0.3) is 5.91 Å². The Bertz CT molecular complexity index is 623. The van der Waals surface area contributed by atoms with Crippen molar-refractivity contribution in [3.63, 3.8) is 0 Å². The van der Waals surface area contributed by atoms with E-state index in [0.29, 0.717) is 6.61 Å². The monoisotopic (exact) mass is 387 g/mol. The molecule has 3 rings (SSSR count). The molecule has 2 fully saturated rings. The summed E-state index contributed by atoms with van der Waals surface area (Å²) in [4.78, 5) is 21.5. The standard InChI is InChI=1S/C21H33N5O2/c1-2-22-21(24-12-7-11-23-18-8-4-3-5-9-18)26-15-13-25(14-16-26)20(27)19-10-6-17-28-19/h3-5,8-9,19,23H,2,6-7,10-17H2,1H3,(H,22,24). The van der Waals surface area contributed by atoms with Crippen LogP contribution in [0.2, 0.25) is 0 Å². The van der Waals surface area contributed by atoms with Gasteiger partial charge in [0.05, 0.1) is 0 Å². The van der Waals surface area contributed by atoms with Crippen molar-refractivity contribution >= 4 is 17.6 Å². The van der Waals surface area contributed by atoms with Crippen LogP contribution in [0.5, 0.6) is 0 Å². The number of nitrogens with zero attached hydrogens (tertiary/aromatic N) is 3. The highest BCUT2D eigenvalue weighted by Crippen LogP contribution is 2.16. The van der Waals surface area contributed by atoms with Crippen LogP contribution in [0.1, 0.15) is 26.2 Å². The van der Waals surface area contributed by atoms with Crippen LogP contribution in [0.15, 0.2) is 35.3 Å². The number of hydrogen-bond donors (Lipinski definition) is 2. The fourth-order valence-corrected chi connectivity index (χ4v) is 3.59. The van der Waals surface area contributed by atoms with E-state index < -0.39 is 0 Å². The van der Waals surface area contributed by atoms with Crippen molar-refractivity contribution in [2.75, 3.05) is 57.7 Å². The molecule has 0 bridgehead atoms. The fraction of sp³-hybridized carbons (Fsp3) is 0.619. The number of rotatable bonds is 7. The van der Waals surface area contributed by atoms with Gasteiger partial charge < -0.3 is 25.2 Å². The Hall–Kier alpha value is -2.28. The number of piperazine rings is 1. The zero-order valence-electron chi connectivity index (χ0n) is 16.9. The topological polar surface area (TPSA) is 69.2 Å². The van der Waals surface area contributed by atoms with Gasteiger partial charge in [-0.2, -0.15) is 0 Å². The minimum absolute atomic E-state index is 0.158. The summed E-state index contributed by atoms with van der Waals surface area (Å²) >= 11 is 0. The van der Waals surface area contributed by atoms with Crippen LogP contribution in [0.3, 0.4) is 0 Å². The van der Waals surface area contributed by atoms with Crippen LogP contribution in [-0.4, -0.2) is 80.2 Å². The van der Waals surface area contributed by atoms with E-state index in [9.17, 15) is 4.79 Å². The van der Waals surface area contributed by atoms with Crippen molar-refractivity contribution in [2.24, 2.45) is 4.99 Å².